The van der Waals surface area contributed by atoms with Gasteiger partial charge in [0.05, 0.1) is 7.11 Å². The third-order valence-corrected chi connectivity index (χ3v) is 4.13. The van der Waals surface area contributed by atoms with Crippen molar-refractivity contribution in [2.24, 2.45) is 0 Å². The number of carbonyl (C=O) groups excluding carboxylic acids is 1. The second-order valence-corrected chi connectivity index (χ2v) is 5.77. The van der Waals surface area contributed by atoms with E-state index in [0.29, 0.717) is 13.0 Å². The van der Waals surface area contributed by atoms with Crippen LogP contribution in [0.25, 0.3) is 10.9 Å². The number of aryl methyl sites for hydroxylation is 1. The van der Waals surface area contributed by atoms with Gasteiger partial charge in [-0.05, 0) is 41.6 Å². The minimum atomic E-state index is 0.0780. The zero-order chi connectivity index (χ0) is 16.8. The molecule has 3 rings (SSSR count). The van der Waals surface area contributed by atoms with Gasteiger partial charge in [0, 0.05) is 31.2 Å². The van der Waals surface area contributed by atoms with Crippen LogP contribution in [0.5, 0.6) is 5.75 Å². The third-order valence-electron chi connectivity index (χ3n) is 4.13. The highest BCUT2D eigenvalue weighted by Crippen LogP contribution is 2.15. The number of ether oxygens (including phenoxy) is 1. The molecule has 4 heteroatoms. The Labute approximate surface area is 142 Å². The molecule has 2 aromatic carbocycles. The zero-order valence-corrected chi connectivity index (χ0v) is 13.9. The van der Waals surface area contributed by atoms with E-state index >= 15 is 0 Å². The Kier molecular flexibility index (Phi) is 5.16. The van der Waals surface area contributed by atoms with Crippen molar-refractivity contribution in [3.8, 4) is 5.75 Å². The van der Waals surface area contributed by atoms with Crippen LogP contribution in [0.3, 0.4) is 0 Å². The number of para-hydroxylation sites is 1. The van der Waals surface area contributed by atoms with Gasteiger partial charge in [-0.2, -0.15) is 0 Å². The molecule has 0 atom stereocenters. The van der Waals surface area contributed by atoms with E-state index in [4.69, 9.17) is 4.74 Å². The lowest BCUT2D eigenvalue weighted by Gasteiger charge is -2.08. The fraction of sp³-hybridized carbons (Fsp3) is 0.250. The van der Waals surface area contributed by atoms with Crippen LogP contribution in [0.4, 0.5) is 0 Å². The summed E-state index contributed by atoms with van der Waals surface area (Å²) in [7, 11) is 1.65. The molecule has 1 N–H and O–H groups in total. The van der Waals surface area contributed by atoms with Crippen LogP contribution < -0.4 is 10.1 Å². The molecule has 1 amide bonds. The maximum Gasteiger partial charge on any atom is 0.220 e. The molecule has 24 heavy (non-hydrogen) atoms. The maximum absolute atomic E-state index is 12.0. The summed E-state index contributed by atoms with van der Waals surface area (Å²) in [6.45, 7) is 1.41. The largest absolute Gasteiger partial charge is 0.497 e. The van der Waals surface area contributed by atoms with Gasteiger partial charge in [0.2, 0.25) is 5.91 Å². The first-order valence-electron chi connectivity index (χ1n) is 8.20. The highest BCUT2D eigenvalue weighted by Gasteiger charge is 2.04. The lowest BCUT2D eigenvalue weighted by molar-refractivity contribution is -0.121. The van der Waals surface area contributed by atoms with Gasteiger partial charge in [-0.3, -0.25) is 4.79 Å². The molecule has 3 aromatic rings. The number of rotatable bonds is 7. The molecule has 0 aliphatic carbocycles. The fourth-order valence-corrected chi connectivity index (χ4v) is 2.83. The Morgan fingerprint density at radius 2 is 2.00 bits per heavy atom. The minimum absolute atomic E-state index is 0.0780. The molecule has 0 saturated heterocycles. The Hall–Kier alpha value is -2.75. The number of nitrogens with one attached hydrogen (secondary N) is 1. The number of aromatic nitrogens is 1. The molecule has 0 unspecified atom stereocenters. The summed E-state index contributed by atoms with van der Waals surface area (Å²) >= 11 is 0. The van der Waals surface area contributed by atoms with Crippen LogP contribution in [0.1, 0.15) is 12.0 Å². The first-order valence-corrected chi connectivity index (χ1v) is 8.20. The standard InChI is InChI=1S/C20H22N2O2/c1-24-18-7-4-5-16(15-18)9-10-20(23)21-12-14-22-13-11-17-6-2-3-8-19(17)22/h2-8,11,13,15H,9-10,12,14H2,1H3,(H,21,23). The molecule has 0 saturated carbocycles. The number of hydrogen-bond donors (Lipinski definition) is 1. The number of fused-ring (bicyclic) bond motifs is 1. The van der Waals surface area contributed by atoms with Crippen LogP contribution in [0, 0.1) is 0 Å². The van der Waals surface area contributed by atoms with Crippen molar-refractivity contribution in [3.63, 3.8) is 0 Å². The summed E-state index contributed by atoms with van der Waals surface area (Å²) in [5.41, 5.74) is 2.31. The van der Waals surface area contributed by atoms with Crippen molar-refractivity contribution in [1.29, 1.82) is 0 Å². The number of amides is 1. The first kappa shape index (κ1) is 16.1. The van der Waals surface area contributed by atoms with Crippen molar-refractivity contribution < 1.29 is 9.53 Å². The molecular formula is C20H22N2O2. The fourth-order valence-electron chi connectivity index (χ4n) is 2.83. The Morgan fingerprint density at radius 1 is 1.12 bits per heavy atom. The molecule has 4 nitrogen and oxygen atoms in total. The van der Waals surface area contributed by atoms with Crippen molar-refractivity contribution in [2.45, 2.75) is 19.4 Å². The topological polar surface area (TPSA) is 43.3 Å². The van der Waals surface area contributed by atoms with Gasteiger partial charge in [-0.1, -0.05) is 30.3 Å². The summed E-state index contributed by atoms with van der Waals surface area (Å²) in [5.74, 6) is 0.904. The van der Waals surface area contributed by atoms with E-state index in [0.717, 1.165) is 24.3 Å². The van der Waals surface area contributed by atoms with Crippen LogP contribution in [0.2, 0.25) is 0 Å². The Bertz CT molecular complexity index is 823. The number of methoxy groups -OCH3 is 1. The van der Waals surface area contributed by atoms with Gasteiger partial charge in [0.25, 0.3) is 0 Å². The summed E-state index contributed by atoms with van der Waals surface area (Å²) in [4.78, 5) is 12.0. The normalized spacial score (nSPS) is 10.7. The Morgan fingerprint density at radius 3 is 2.88 bits per heavy atom. The van der Waals surface area contributed by atoms with Gasteiger partial charge < -0.3 is 14.6 Å². The third kappa shape index (κ3) is 3.96. The molecule has 0 bridgehead atoms. The van der Waals surface area contributed by atoms with Gasteiger partial charge in [0.1, 0.15) is 5.75 Å². The number of nitrogens with zero attached hydrogens (tertiary/aromatic N) is 1. The summed E-state index contributed by atoms with van der Waals surface area (Å²) < 4.78 is 7.36. The first-order chi connectivity index (χ1) is 11.8. The summed E-state index contributed by atoms with van der Waals surface area (Å²) in [6.07, 6.45) is 3.27. The van der Waals surface area contributed by atoms with E-state index in [2.05, 4.69) is 34.3 Å². The van der Waals surface area contributed by atoms with E-state index in [9.17, 15) is 4.79 Å². The van der Waals surface area contributed by atoms with Crippen LogP contribution >= 0.6 is 0 Å². The molecule has 0 aliphatic heterocycles. The van der Waals surface area contributed by atoms with Crippen molar-refractivity contribution in [3.05, 3.63) is 66.4 Å². The van der Waals surface area contributed by atoms with Gasteiger partial charge >= 0.3 is 0 Å². The smallest absolute Gasteiger partial charge is 0.220 e. The molecule has 1 heterocycles. The quantitative estimate of drug-likeness (QED) is 0.724. The summed E-state index contributed by atoms with van der Waals surface area (Å²) in [5, 5.41) is 4.22. The van der Waals surface area contributed by atoms with Crippen molar-refractivity contribution in [1.82, 2.24) is 9.88 Å². The van der Waals surface area contributed by atoms with Gasteiger partial charge in [-0.15, -0.1) is 0 Å². The van der Waals surface area contributed by atoms with Crippen LogP contribution in [0.15, 0.2) is 60.8 Å². The maximum atomic E-state index is 12.0. The predicted octanol–water partition coefficient (Wildman–Crippen LogP) is 3.40. The van der Waals surface area contributed by atoms with Crippen LogP contribution in [-0.2, 0) is 17.8 Å². The zero-order valence-electron chi connectivity index (χ0n) is 13.9. The van der Waals surface area contributed by atoms with Crippen molar-refractivity contribution in [2.75, 3.05) is 13.7 Å². The SMILES string of the molecule is COc1cccc(CCC(=O)NCCn2ccc3ccccc32)c1. The van der Waals surface area contributed by atoms with E-state index in [-0.39, 0.29) is 5.91 Å². The molecule has 0 spiro atoms. The minimum Gasteiger partial charge on any atom is -0.497 e. The number of carbonyl (C=O) groups is 1. The van der Waals surface area contributed by atoms with Crippen LogP contribution in [-0.4, -0.2) is 24.1 Å². The lowest BCUT2D eigenvalue weighted by Crippen LogP contribution is -2.27. The number of hydrogen-bond acceptors (Lipinski definition) is 2. The van der Waals surface area contributed by atoms with E-state index in [1.165, 1.54) is 10.9 Å². The van der Waals surface area contributed by atoms with E-state index < -0.39 is 0 Å². The monoisotopic (exact) mass is 322 g/mol. The average Bonchev–Trinajstić information content (AvgIpc) is 3.03. The molecular weight excluding hydrogens is 300 g/mol. The predicted molar refractivity (Wildman–Crippen MR) is 96.3 cm³/mol. The molecule has 0 aliphatic rings. The van der Waals surface area contributed by atoms with Crippen molar-refractivity contribution >= 4 is 16.8 Å². The Balaban J connectivity index is 1.45. The average molecular weight is 322 g/mol. The van der Waals surface area contributed by atoms with Gasteiger partial charge in [0.15, 0.2) is 0 Å². The highest BCUT2D eigenvalue weighted by molar-refractivity contribution is 5.80. The van der Waals surface area contributed by atoms with E-state index in [1.807, 2.05) is 36.4 Å². The van der Waals surface area contributed by atoms with E-state index in [1.54, 1.807) is 7.11 Å². The second-order valence-electron chi connectivity index (χ2n) is 5.77. The molecule has 0 fully saturated rings. The molecule has 1 aromatic heterocycles. The highest BCUT2D eigenvalue weighted by atomic mass is 16.5. The second kappa shape index (κ2) is 7.68. The molecule has 0 radical (unpaired) electrons. The van der Waals surface area contributed by atoms with Gasteiger partial charge in [-0.25, -0.2) is 0 Å². The molecule has 124 valence electrons. The summed E-state index contributed by atoms with van der Waals surface area (Å²) in [6, 6.07) is 18.2. The number of benzene rings is 2. The lowest BCUT2D eigenvalue weighted by atomic mass is 10.1.